The van der Waals surface area contributed by atoms with E-state index in [1.807, 2.05) is 48.2 Å². The molecule has 170 valence electrons. The molecule has 8 heteroatoms. The molecule has 0 N–H and O–H groups in total. The second-order valence-electron chi connectivity index (χ2n) is 8.76. The molecule has 0 aliphatic carbocycles. The molecule has 0 bridgehead atoms. The van der Waals surface area contributed by atoms with Crippen LogP contribution in [0.15, 0.2) is 53.1 Å². The van der Waals surface area contributed by atoms with E-state index < -0.39 is 0 Å². The predicted molar refractivity (Wildman–Crippen MR) is 125 cm³/mol. The number of aromatic nitrogens is 2. The third kappa shape index (κ3) is 4.37. The average molecular weight is 465 g/mol. The van der Waals surface area contributed by atoms with Gasteiger partial charge in [-0.25, -0.2) is 0 Å². The standard InChI is InChI=1S/C25H25ClN4O3/c1-16-5-2-3-8-21(16)24-27-23(28-33-24)17-9-11-29(12-10-17)25(32)18-13-22(31)30(15-18)20-7-4-6-19(26)14-20/h2-8,14,17-18H,9-13,15H2,1H3. The maximum Gasteiger partial charge on any atom is 0.258 e. The van der Waals surface area contributed by atoms with Crippen LogP contribution < -0.4 is 4.90 Å². The summed E-state index contributed by atoms with van der Waals surface area (Å²) in [5.41, 5.74) is 2.77. The second kappa shape index (κ2) is 8.98. The van der Waals surface area contributed by atoms with Gasteiger partial charge in [0.1, 0.15) is 0 Å². The summed E-state index contributed by atoms with van der Waals surface area (Å²) in [6.07, 6.45) is 1.78. The molecule has 33 heavy (non-hydrogen) atoms. The zero-order valence-corrected chi connectivity index (χ0v) is 19.2. The number of halogens is 1. The Hall–Kier alpha value is -3.19. The Morgan fingerprint density at radius 2 is 1.91 bits per heavy atom. The first kappa shape index (κ1) is 21.6. The highest BCUT2D eigenvalue weighted by Gasteiger charge is 2.38. The molecular formula is C25H25ClN4O3. The third-order valence-electron chi connectivity index (χ3n) is 6.58. The molecule has 0 saturated carbocycles. The average Bonchev–Trinajstić information content (AvgIpc) is 3.46. The normalized spacial score (nSPS) is 19.3. The lowest BCUT2D eigenvalue weighted by molar-refractivity contribution is -0.136. The van der Waals surface area contributed by atoms with Crippen LogP contribution in [0.5, 0.6) is 0 Å². The van der Waals surface area contributed by atoms with Gasteiger partial charge in [-0.05, 0) is 49.6 Å². The first-order valence-corrected chi connectivity index (χ1v) is 11.6. The SMILES string of the molecule is Cc1ccccc1-c1nc(C2CCN(C(=O)C3CC(=O)N(c4cccc(Cl)c4)C3)CC2)no1. The number of carbonyl (C=O) groups is 2. The molecule has 3 aromatic rings. The molecule has 1 atom stereocenters. The third-order valence-corrected chi connectivity index (χ3v) is 6.82. The van der Waals surface area contributed by atoms with E-state index in [4.69, 9.17) is 16.1 Å². The Balaban J connectivity index is 1.20. The van der Waals surface area contributed by atoms with Crippen molar-refractivity contribution in [1.82, 2.24) is 15.0 Å². The van der Waals surface area contributed by atoms with E-state index in [-0.39, 0.29) is 30.1 Å². The van der Waals surface area contributed by atoms with Crippen LogP contribution in [0.3, 0.4) is 0 Å². The number of anilines is 1. The van der Waals surface area contributed by atoms with Gasteiger partial charge in [-0.1, -0.05) is 41.0 Å². The molecule has 2 aliphatic heterocycles. The zero-order valence-electron chi connectivity index (χ0n) is 18.4. The first-order chi connectivity index (χ1) is 16.0. The fourth-order valence-electron chi connectivity index (χ4n) is 4.71. The number of likely N-dealkylation sites (tertiary alicyclic amines) is 1. The van der Waals surface area contributed by atoms with Crippen LogP contribution in [-0.2, 0) is 9.59 Å². The Morgan fingerprint density at radius 1 is 1.12 bits per heavy atom. The molecule has 1 unspecified atom stereocenters. The highest BCUT2D eigenvalue weighted by molar-refractivity contribution is 6.31. The topological polar surface area (TPSA) is 79.5 Å². The summed E-state index contributed by atoms with van der Waals surface area (Å²) in [6.45, 7) is 3.66. The number of benzene rings is 2. The number of nitrogens with zero attached hydrogens (tertiary/aromatic N) is 4. The molecule has 2 aromatic carbocycles. The van der Waals surface area contributed by atoms with E-state index in [1.165, 1.54) is 0 Å². The molecule has 1 aromatic heterocycles. The van der Waals surface area contributed by atoms with E-state index in [0.29, 0.717) is 36.4 Å². The van der Waals surface area contributed by atoms with E-state index >= 15 is 0 Å². The van der Waals surface area contributed by atoms with Crippen molar-refractivity contribution in [3.63, 3.8) is 0 Å². The predicted octanol–water partition coefficient (Wildman–Crippen LogP) is 4.46. The van der Waals surface area contributed by atoms with Crippen molar-refractivity contribution in [2.24, 2.45) is 5.92 Å². The smallest absolute Gasteiger partial charge is 0.258 e. The molecule has 0 spiro atoms. The van der Waals surface area contributed by atoms with Gasteiger partial charge in [0.05, 0.1) is 5.92 Å². The van der Waals surface area contributed by atoms with Crippen molar-refractivity contribution in [2.75, 3.05) is 24.5 Å². The molecule has 2 aliphatic rings. The van der Waals surface area contributed by atoms with Gasteiger partial charge in [0.25, 0.3) is 5.89 Å². The lowest BCUT2D eigenvalue weighted by atomic mass is 9.95. The van der Waals surface area contributed by atoms with Crippen LogP contribution in [-0.4, -0.2) is 46.5 Å². The van der Waals surface area contributed by atoms with Crippen molar-refractivity contribution in [3.05, 3.63) is 64.9 Å². The highest BCUT2D eigenvalue weighted by Crippen LogP contribution is 2.32. The van der Waals surface area contributed by atoms with Crippen LogP contribution in [0.4, 0.5) is 5.69 Å². The Labute approximate surface area is 197 Å². The minimum atomic E-state index is -0.328. The fourth-order valence-corrected chi connectivity index (χ4v) is 4.89. The van der Waals surface area contributed by atoms with Crippen LogP contribution in [0.25, 0.3) is 11.5 Å². The van der Waals surface area contributed by atoms with Gasteiger partial charge >= 0.3 is 0 Å². The number of carbonyl (C=O) groups excluding carboxylic acids is 2. The summed E-state index contributed by atoms with van der Waals surface area (Å²) in [5.74, 6) is 1.06. The van der Waals surface area contributed by atoms with Crippen LogP contribution in [0.2, 0.25) is 5.02 Å². The summed E-state index contributed by atoms with van der Waals surface area (Å²) in [7, 11) is 0. The molecule has 5 rings (SSSR count). The highest BCUT2D eigenvalue weighted by atomic mass is 35.5. The number of hydrogen-bond donors (Lipinski definition) is 0. The van der Waals surface area contributed by atoms with E-state index in [2.05, 4.69) is 10.1 Å². The zero-order chi connectivity index (χ0) is 22.9. The quantitative estimate of drug-likeness (QED) is 0.569. The number of piperidine rings is 1. The van der Waals surface area contributed by atoms with E-state index in [9.17, 15) is 9.59 Å². The van der Waals surface area contributed by atoms with Gasteiger partial charge in [-0.3, -0.25) is 9.59 Å². The van der Waals surface area contributed by atoms with Gasteiger partial charge in [0, 0.05) is 48.2 Å². The Morgan fingerprint density at radius 3 is 2.67 bits per heavy atom. The van der Waals surface area contributed by atoms with Gasteiger partial charge in [0.15, 0.2) is 5.82 Å². The number of amides is 2. The molecule has 2 fully saturated rings. The van der Waals surface area contributed by atoms with E-state index in [1.54, 1.807) is 17.0 Å². The molecule has 2 amide bonds. The number of hydrogen-bond acceptors (Lipinski definition) is 5. The second-order valence-corrected chi connectivity index (χ2v) is 9.19. The first-order valence-electron chi connectivity index (χ1n) is 11.2. The fraction of sp³-hybridized carbons (Fsp3) is 0.360. The van der Waals surface area contributed by atoms with Crippen LogP contribution >= 0.6 is 11.6 Å². The lowest BCUT2D eigenvalue weighted by Gasteiger charge is -2.32. The Kier molecular flexibility index (Phi) is 5.89. The number of aryl methyl sites for hydroxylation is 1. The maximum absolute atomic E-state index is 13.1. The minimum Gasteiger partial charge on any atom is -0.342 e. The van der Waals surface area contributed by atoms with E-state index in [0.717, 1.165) is 29.7 Å². The molecule has 2 saturated heterocycles. The summed E-state index contributed by atoms with van der Waals surface area (Å²) in [6, 6.07) is 15.1. The van der Waals surface area contributed by atoms with Gasteiger partial charge < -0.3 is 14.3 Å². The largest absolute Gasteiger partial charge is 0.342 e. The molecule has 3 heterocycles. The molecular weight excluding hydrogens is 440 g/mol. The van der Waals surface area contributed by atoms with Gasteiger partial charge in [0.2, 0.25) is 11.8 Å². The molecule has 7 nitrogen and oxygen atoms in total. The molecule has 0 radical (unpaired) electrons. The van der Waals surface area contributed by atoms with Gasteiger partial charge in [-0.15, -0.1) is 0 Å². The van der Waals surface area contributed by atoms with Crippen molar-refractivity contribution in [1.29, 1.82) is 0 Å². The van der Waals surface area contributed by atoms with Crippen molar-refractivity contribution < 1.29 is 14.1 Å². The summed E-state index contributed by atoms with van der Waals surface area (Å²) < 4.78 is 5.52. The maximum atomic E-state index is 13.1. The van der Waals surface area contributed by atoms with Crippen LogP contribution in [0, 0.1) is 12.8 Å². The van der Waals surface area contributed by atoms with Crippen molar-refractivity contribution in [3.8, 4) is 11.5 Å². The van der Waals surface area contributed by atoms with Crippen LogP contribution in [0.1, 0.15) is 36.6 Å². The lowest BCUT2D eigenvalue weighted by Crippen LogP contribution is -2.42. The Bertz CT molecular complexity index is 1190. The summed E-state index contributed by atoms with van der Waals surface area (Å²) in [4.78, 5) is 33.8. The monoisotopic (exact) mass is 464 g/mol. The van der Waals surface area contributed by atoms with Crippen molar-refractivity contribution >= 4 is 29.1 Å². The number of rotatable bonds is 4. The minimum absolute atomic E-state index is 0.0407. The van der Waals surface area contributed by atoms with Gasteiger partial charge in [-0.2, -0.15) is 4.98 Å². The summed E-state index contributed by atoms with van der Waals surface area (Å²) >= 11 is 6.07. The van der Waals surface area contributed by atoms with Crippen molar-refractivity contribution in [2.45, 2.75) is 32.1 Å². The summed E-state index contributed by atoms with van der Waals surface area (Å²) in [5, 5.41) is 4.79.